The molecule has 0 spiro atoms. The summed E-state index contributed by atoms with van der Waals surface area (Å²) in [5.74, 6) is 0.724. The van der Waals surface area contributed by atoms with E-state index in [9.17, 15) is 4.79 Å². The van der Waals surface area contributed by atoms with Crippen molar-refractivity contribution in [2.24, 2.45) is 0 Å². The van der Waals surface area contributed by atoms with Gasteiger partial charge in [-0.3, -0.25) is 4.79 Å². The molecule has 2 nitrogen and oxygen atoms in total. The molecule has 1 aliphatic rings. The molecule has 0 bridgehead atoms. The number of amides is 1. The summed E-state index contributed by atoms with van der Waals surface area (Å²) in [7, 11) is 1.82. The summed E-state index contributed by atoms with van der Waals surface area (Å²) in [6, 6.07) is 6.04. The van der Waals surface area contributed by atoms with Crippen LogP contribution in [0, 0.1) is 0 Å². The number of hydrogen-bond acceptors (Lipinski definition) is 1. The molecule has 0 saturated heterocycles. The molecular formula is C11H12ClNO. The highest BCUT2D eigenvalue weighted by atomic mass is 35.5. The lowest BCUT2D eigenvalue weighted by Gasteiger charge is -2.25. The first-order chi connectivity index (χ1) is 6.72. The van der Waals surface area contributed by atoms with E-state index in [0.717, 1.165) is 17.7 Å². The number of aryl methyl sites for hydroxylation is 1. The average molecular weight is 210 g/mol. The van der Waals surface area contributed by atoms with E-state index in [0.29, 0.717) is 12.3 Å². The Kier molecular flexibility index (Phi) is 2.46. The second-order valence-corrected chi connectivity index (χ2v) is 3.82. The summed E-state index contributed by atoms with van der Waals surface area (Å²) in [6.07, 6.45) is 1.44. The van der Waals surface area contributed by atoms with E-state index in [-0.39, 0.29) is 5.91 Å². The molecule has 0 fully saturated rings. The van der Waals surface area contributed by atoms with Crippen molar-refractivity contribution in [1.82, 2.24) is 0 Å². The number of carbonyl (C=O) groups excluding carboxylic acids is 1. The van der Waals surface area contributed by atoms with Gasteiger partial charge in [0.1, 0.15) is 0 Å². The minimum absolute atomic E-state index is 0.191. The number of hydrogen-bond donors (Lipinski definition) is 0. The van der Waals surface area contributed by atoms with Gasteiger partial charge < -0.3 is 4.90 Å². The molecule has 0 aliphatic carbocycles. The third-order valence-electron chi connectivity index (χ3n) is 2.64. The van der Waals surface area contributed by atoms with Crippen LogP contribution in [0.1, 0.15) is 17.5 Å². The van der Waals surface area contributed by atoms with Crippen LogP contribution >= 0.6 is 11.6 Å². The van der Waals surface area contributed by atoms with E-state index in [1.165, 1.54) is 5.56 Å². The molecule has 1 aromatic rings. The Labute approximate surface area is 88.5 Å². The van der Waals surface area contributed by atoms with Gasteiger partial charge >= 0.3 is 0 Å². The van der Waals surface area contributed by atoms with Crippen LogP contribution in [-0.2, 0) is 17.1 Å². The number of halogens is 1. The fourth-order valence-corrected chi connectivity index (χ4v) is 1.96. The third-order valence-corrected chi connectivity index (χ3v) is 2.95. The van der Waals surface area contributed by atoms with Crippen LogP contribution in [0.15, 0.2) is 18.2 Å². The van der Waals surface area contributed by atoms with Gasteiger partial charge in [0.05, 0.1) is 0 Å². The van der Waals surface area contributed by atoms with Crippen molar-refractivity contribution in [2.45, 2.75) is 18.7 Å². The minimum atomic E-state index is 0.191. The van der Waals surface area contributed by atoms with Crippen molar-refractivity contribution in [3.8, 4) is 0 Å². The highest BCUT2D eigenvalue weighted by molar-refractivity contribution is 6.17. The lowest BCUT2D eigenvalue weighted by molar-refractivity contribution is -0.118. The maximum Gasteiger partial charge on any atom is 0.227 e. The maximum atomic E-state index is 11.4. The molecule has 0 N–H and O–H groups in total. The maximum absolute atomic E-state index is 11.4. The largest absolute Gasteiger partial charge is 0.315 e. The summed E-state index contributed by atoms with van der Waals surface area (Å²) < 4.78 is 0. The Morgan fingerprint density at radius 1 is 1.43 bits per heavy atom. The Bertz CT molecular complexity index is 376. The van der Waals surface area contributed by atoms with Crippen molar-refractivity contribution < 1.29 is 4.79 Å². The third kappa shape index (κ3) is 1.50. The molecule has 2 rings (SSSR count). The van der Waals surface area contributed by atoms with Gasteiger partial charge in [0, 0.05) is 25.0 Å². The van der Waals surface area contributed by atoms with Gasteiger partial charge in [-0.1, -0.05) is 12.1 Å². The van der Waals surface area contributed by atoms with Gasteiger partial charge in [-0.2, -0.15) is 0 Å². The minimum Gasteiger partial charge on any atom is -0.315 e. The predicted octanol–water partition coefficient (Wildman–Crippen LogP) is 2.33. The average Bonchev–Trinajstić information content (AvgIpc) is 2.23. The molecule has 0 saturated carbocycles. The lowest BCUT2D eigenvalue weighted by Crippen LogP contribution is -2.31. The number of nitrogens with zero attached hydrogens (tertiary/aromatic N) is 1. The van der Waals surface area contributed by atoms with Crippen molar-refractivity contribution in [1.29, 1.82) is 0 Å². The van der Waals surface area contributed by atoms with E-state index in [1.807, 2.05) is 19.2 Å². The topological polar surface area (TPSA) is 20.3 Å². The van der Waals surface area contributed by atoms with Gasteiger partial charge in [0.15, 0.2) is 0 Å². The number of anilines is 1. The predicted molar refractivity (Wildman–Crippen MR) is 57.7 cm³/mol. The summed E-state index contributed by atoms with van der Waals surface area (Å²) in [5, 5.41) is 0. The molecule has 1 heterocycles. The Morgan fingerprint density at radius 2 is 2.21 bits per heavy atom. The van der Waals surface area contributed by atoms with Crippen LogP contribution in [0.25, 0.3) is 0 Å². The fourth-order valence-electron chi connectivity index (χ4n) is 1.79. The van der Waals surface area contributed by atoms with Crippen molar-refractivity contribution >= 4 is 23.2 Å². The van der Waals surface area contributed by atoms with Crippen LogP contribution in [0.3, 0.4) is 0 Å². The first-order valence-corrected chi connectivity index (χ1v) is 5.20. The van der Waals surface area contributed by atoms with Crippen molar-refractivity contribution in [3.63, 3.8) is 0 Å². The van der Waals surface area contributed by atoms with Crippen LogP contribution < -0.4 is 4.90 Å². The van der Waals surface area contributed by atoms with E-state index >= 15 is 0 Å². The van der Waals surface area contributed by atoms with Crippen LogP contribution in [0.5, 0.6) is 0 Å². The number of fused-ring (bicyclic) bond motifs is 1. The first-order valence-electron chi connectivity index (χ1n) is 4.66. The number of rotatable bonds is 1. The molecule has 1 amide bonds. The molecule has 74 valence electrons. The molecule has 14 heavy (non-hydrogen) atoms. The van der Waals surface area contributed by atoms with Gasteiger partial charge in [0.2, 0.25) is 5.91 Å². The highest BCUT2D eigenvalue weighted by Gasteiger charge is 2.20. The monoisotopic (exact) mass is 209 g/mol. The Morgan fingerprint density at radius 3 is 2.93 bits per heavy atom. The smallest absolute Gasteiger partial charge is 0.227 e. The van der Waals surface area contributed by atoms with E-state index in [4.69, 9.17) is 11.6 Å². The second-order valence-electron chi connectivity index (χ2n) is 3.55. The fraction of sp³-hybridized carbons (Fsp3) is 0.364. The molecule has 0 unspecified atom stereocenters. The standard InChI is InChI=1S/C11H12ClNO/c1-13-10-4-2-8(7-12)6-9(10)3-5-11(13)14/h2,4,6H,3,5,7H2,1H3. The second kappa shape index (κ2) is 3.62. The lowest BCUT2D eigenvalue weighted by atomic mass is 10.00. The molecule has 1 aliphatic heterocycles. The zero-order valence-corrected chi connectivity index (χ0v) is 8.84. The summed E-state index contributed by atoms with van der Waals surface area (Å²) in [4.78, 5) is 13.1. The normalized spacial score (nSPS) is 15.6. The van der Waals surface area contributed by atoms with Gasteiger partial charge in [-0.25, -0.2) is 0 Å². The number of benzene rings is 1. The molecule has 0 aromatic heterocycles. The number of carbonyl (C=O) groups is 1. The van der Waals surface area contributed by atoms with Crippen LogP contribution in [0.2, 0.25) is 0 Å². The zero-order chi connectivity index (χ0) is 10.1. The molecule has 3 heteroatoms. The quantitative estimate of drug-likeness (QED) is 0.651. The van der Waals surface area contributed by atoms with Gasteiger partial charge in [-0.05, 0) is 23.6 Å². The Balaban J connectivity index is 2.43. The molecule has 1 aromatic carbocycles. The first kappa shape index (κ1) is 9.53. The zero-order valence-electron chi connectivity index (χ0n) is 8.09. The molecular weight excluding hydrogens is 198 g/mol. The summed E-state index contributed by atoms with van der Waals surface area (Å²) in [6.45, 7) is 0. The Hall–Kier alpha value is -1.02. The summed E-state index contributed by atoms with van der Waals surface area (Å²) >= 11 is 5.75. The van der Waals surface area contributed by atoms with E-state index < -0.39 is 0 Å². The molecule has 0 atom stereocenters. The van der Waals surface area contributed by atoms with Crippen LogP contribution in [-0.4, -0.2) is 13.0 Å². The SMILES string of the molecule is CN1C(=O)CCc2cc(CCl)ccc21. The van der Waals surface area contributed by atoms with E-state index in [1.54, 1.807) is 4.90 Å². The van der Waals surface area contributed by atoms with E-state index in [2.05, 4.69) is 6.07 Å². The number of alkyl halides is 1. The van der Waals surface area contributed by atoms with Crippen molar-refractivity contribution in [3.05, 3.63) is 29.3 Å². The van der Waals surface area contributed by atoms with Crippen molar-refractivity contribution in [2.75, 3.05) is 11.9 Å². The van der Waals surface area contributed by atoms with Gasteiger partial charge in [-0.15, -0.1) is 11.6 Å². The summed E-state index contributed by atoms with van der Waals surface area (Å²) in [5.41, 5.74) is 3.37. The van der Waals surface area contributed by atoms with Crippen LogP contribution in [0.4, 0.5) is 5.69 Å². The van der Waals surface area contributed by atoms with Gasteiger partial charge in [0.25, 0.3) is 0 Å². The highest BCUT2D eigenvalue weighted by Crippen LogP contribution is 2.27. The molecule has 0 radical (unpaired) electrons.